The number of hydrogen-bond donors (Lipinski definition) is 2. The predicted octanol–water partition coefficient (Wildman–Crippen LogP) is 3.07. The molecular weight excluding hydrogens is 466 g/mol. The molecule has 2 aromatic carbocycles. The van der Waals surface area contributed by atoms with Crippen molar-refractivity contribution in [2.45, 2.75) is 11.8 Å². The highest BCUT2D eigenvalue weighted by Crippen LogP contribution is 2.35. The zero-order valence-corrected chi connectivity index (χ0v) is 19.7. The molecule has 0 fully saturated rings. The SMILES string of the molecule is COCCNS(=O)(=O)c1ccc(C)c(C(=O)Nc2nc(-c3ccc4c(c3)OCCO4)cs2)c1. The first-order chi connectivity index (χ1) is 15.9. The highest BCUT2D eigenvalue weighted by Gasteiger charge is 2.19. The number of methoxy groups -OCH3 is 1. The number of aryl methyl sites for hydroxylation is 1. The molecule has 1 amide bonds. The normalized spacial score (nSPS) is 13.0. The third-order valence-electron chi connectivity index (χ3n) is 4.92. The van der Waals surface area contributed by atoms with Crippen molar-refractivity contribution in [3.63, 3.8) is 0 Å². The Morgan fingerprint density at radius 3 is 2.73 bits per heavy atom. The molecule has 174 valence electrons. The average molecular weight is 490 g/mol. The molecule has 0 unspecified atom stereocenters. The minimum atomic E-state index is -3.76. The van der Waals surface area contributed by atoms with Crippen LogP contribution in [0.1, 0.15) is 15.9 Å². The van der Waals surface area contributed by atoms with Crippen LogP contribution in [0, 0.1) is 6.92 Å². The summed E-state index contributed by atoms with van der Waals surface area (Å²) < 4.78 is 43.4. The first-order valence-corrected chi connectivity index (χ1v) is 12.5. The lowest BCUT2D eigenvalue weighted by atomic mass is 10.1. The summed E-state index contributed by atoms with van der Waals surface area (Å²) in [5, 5.41) is 4.99. The number of amides is 1. The van der Waals surface area contributed by atoms with E-state index in [9.17, 15) is 13.2 Å². The number of fused-ring (bicyclic) bond motifs is 1. The number of anilines is 1. The van der Waals surface area contributed by atoms with Crippen molar-refractivity contribution in [2.24, 2.45) is 0 Å². The van der Waals surface area contributed by atoms with E-state index < -0.39 is 15.9 Å². The number of nitrogens with zero attached hydrogens (tertiary/aromatic N) is 1. The minimum Gasteiger partial charge on any atom is -0.486 e. The molecule has 11 heteroatoms. The number of sulfonamides is 1. The lowest BCUT2D eigenvalue weighted by Crippen LogP contribution is -2.27. The van der Waals surface area contributed by atoms with Gasteiger partial charge in [0.1, 0.15) is 13.2 Å². The number of nitrogens with one attached hydrogen (secondary N) is 2. The number of benzene rings is 2. The van der Waals surface area contributed by atoms with Crippen LogP contribution in [0.15, 0.2) is 46.7 Å². The molecule has 33 heavy (non-hydrogen) atoms. The fraction of sp³-hybridized carbons (Fsp3) is 0.273. The van der Waals surface area contributed by atoms with E-state index in [4.69, 9.17) is 14.2 Å². The topological polar surface area (TPSA) is 116 Å². The second kappa shape index (κ2) is 9.87. The second-order valence-electron chi connectivity index (χ2n) is 7.22. The van der Waals surface area contributed by atoms with Gasteiger partial charge in [0, 0.05) is 30.2 Å². The summed E-state index contributed by atoms with van der Waals surface area (Å²) in [6.07, 6.45) is 0. The van der Waals surface area contributed by atoms with Crippen LogP contribution in [0.3, 0.4) is 0 Å². The summed E-state index contributed by atoms with van der Waals surface area (Å²) in [6.45, 7) is 3.13. The molecule has 4 rings (SSSR count). The van der Waals surface area contributed by atoms with Gasteiger partial charge in [-0.15, -0.1) is 11.3 Å². The summed E-state index contributed by atoms with van der Waals surface area (Å²) in [4.78, 5) is 17.4. The molecule has 0 atom stereocenters. The molecule has 0 aliphatic carbocycles. The highest BCUT2D eigenvalue weighted by atomic mass is 32.2. The first-order valence-electron chi connectivity index (χ1n) is 10.1. The number of thiazole rings is 1. The predicted molar refractivity (Wildman–Crippen MR) is 125 cm³/mol. The van der Waals surface area contributed by atoms with Crippen LogP contribution in [0.4, 0.5) is 5.13 Å². The van der Waals surface area contributed by atoms with Crippen molar-refractivity contribution in [3.8, 4) is 22.8 Å². The van der Waals surface area contributed by atoms with Crippen LogP contribution in [-0.2, 0) is 14.8 Å². The van der Waals surface area contributed by atoms with Crippen molar-refractivity contribution in [1.82, 2.24) is 9.71 Å². The van der Waals surface area contributed by atoms with Gasteiger partial charge in [-0.05, 0) is 42.8 Å². The molecule has 9 nitrogen and oxygen atoms in total. The molecular formula is C22H23N3O6S2. The number of carbonyl (C=O) groups is 1. The van der Waals surface area contributed by atoms with Crippen LogP contribution in [0.25, 0.3) is 11.3 Å². The van der Waals surface area contributed by atoms with E-state index in [1.807, 2.05) is 23.6 Å². The van der Waals surface area contributed by atoms with Crippen molar-refractivity contribution in [3.05, 3.63) is 52.9 Å². The average Bonchev–Trinajstić information content (AvgIpc) is 3.27. The summed E-state index contributed by atoms with van der Waals surface area (Å²) in [7, 11) is -2.28. The van der Waals surface area contributed by atoms with Crippen molar-refractivity contribution < 1.29 is 27.4 Å². The number of rotatable bonds is 8. The maximum atomic E-state index is 12.9. The maximum Gasteiger partial charge on any atom is 0.257 e. The van der Waals surface area contributed by atoms with Gasteiger partial charge < -0.3 is 14.2 Å². The van der Waals surface area contributed by atoms with Gasteiger partial charge in [-0.25, -0.2) is 18.1 Å². The minimum absolute atomic E-state index is 0.00505. The zero-order chi connectivity index (χ0) is 23.4. The maximum absolute atomic E-state index is 12.9. The molecule has 0 saturated heterocycles. The third kappa shape index (κ3) is 5.33. The van der Waals surface area contributed by atoms with Crippen LogP contribution in [-0.4, -0.2) is 52.8 Å². The van der Waals surface area contributed by atoms with Crippen LogP contribution >= 0.6 is 11.3 Å². The molecule has 0 bridgehead atoms. The molecule has 1 aliphatic heterocycles. The van der Waals surface area contributed by atoms with E-state index in [0.29, 0.717) is 41.1 Å². The van der Waals surface area contributed by atoms with Crippen molar-refractivity contribution >= 4 is 32.4 Å². The van der Waals surface area contributed by atoms with Crippen LogP contribution in [0.5, 0.6) is 11.5 Å². The number of carbonyl (C=O) groups excluding carboxylic acids is 1. The summed E-state index contributed by atoms with van der Waals surface area (Å²) in [5.74, 6) is 0.908. The summed E-state index contributed by atoms with van der Waals surface area (Å²) >= 11 is 1.27. The Balaban J connectivity index is 1.51. The van der Waals surface area contributed by atoms with Gasteiger partial charge >= 0.3 is 0 Å². The van der Waals surface area contributed by atoms with Crippen molar-refractivity contribution in [1.29, 1.82) is 0 Å². The molecule has 0 saturated carbocycles. The van der Waals surface area contributed by atoms with Gasteiger partial charge in [-0.3, -0.25) is 10.1 Å². The van der Waals surface area contributed by atoms with Gasteiger partial charge in [-0.2, -0.15) is 0 Å². The molecule has 0 spiro atoms. The molecule has 1 aromatic heterocycles. The standard InChI is InChI=1S/C22H23N3O6S2/c1-14-3-5-16(33(27,28)23-7-8-29-2)12-17(14)21(26)25-22-24-18(13-32-22)15-4-6-19-20(11-15)31-10-9-30-19/h3-6,11-13,23H,7-10H2,1-2H3,(H,24,25,26). The highest BCUT2D eigenvalue weighted by molar-refractivity contribution is 7.89. The number of ether oxygens (including phenoxy) is 3. The van der Waals surface area contributed by atoms with E-state index in [2.05, 4.69) is 15.0 Å². The molecule has 2 heterocycles. The molecule has 2 N–H and O–H groups in total. The number of aromatic nitrogens is 1. The Morgan fingerprint density at radius 2 is 1.94 bits per heavy atom. The van der Waals surface area contributed by atoms with Crippen molar-refractivity contribution in [2.75, 3.05) is 38.8 Å². The van der Waals surface area contributed by atoms with E-state index in [1.165, 1.54) is 30.6 Å². The molecule has 1 aliphatic rings. The van der Waals surface area contributed by atoms with Gasteiger partial charge in [0.2, 0.25) is 10.0 Å². The Morgan fingerprint density at radius 1 is 1.15 bits per heavy atom. The third-order valence-corrected chi connectivity index (χ3v) is 7.14. The molecule has 3 aromatic rings. The first kappa shape index (κ1) is 23.2. The van der Waals surface area contributed by atoms with Crippen LogP contribution in [0.2, 0.25) is 0 Å². The largest absolute Gasteiger partial charge is 0.486 e. The summed E-state index contributed by atoms with van der Waals surface area (Å²) in [6, 6.07) is 9.98. The summed E-state index contributed by atoms with van der Waals surface area (Å²) in [5.41, 5.74) is 2.41. The monoisotopic (exact) mass is 489 g/mol. The van der Waals surface area contributed by atoms with E-state index >= 15 is 0 Å². The zero-order valence-electron chi connectivity index (χ0n) is 18.1. The Labute approximate surface area is 195 Å². The Bertz CT molecular complexity index is 1270. The van der Waals surface area contributed by atoms with Crippen LogP contribution < -0.4 is 19.5 Å². The second-order valence-corrected chi connectivity index (χ2v) is 9.84. The fourth-order valence-corrected chi connectivity index (χ4v) is 4.96. The van der Waals surface area contributed by atoms with Gasteiger partial charge in [0.25, 0.3) is 5.91 Å². The van der Waals surface area contributed by atoms with Gasteiger partial charge in [0.05, 0.1) is 17.2 Å². The van der Waals surface area contributed by atoms with E-state index in [-0.39, 0.29) is 23.6 Å². The van der Waals surface area contributed by atoms with Gasteiger partial charge in [-0.1, -0.05) is 6.07 Å². The Hall–Kier alpha value is -2.99. The van der Waals surface area contributed by atoms with Gasteiger partial charge in [0.15, 0.2) is 16.6 Å². The molecule has 0 radical (unpaired) electrons. The van der Waals surface area contributed by atoms with E-state index in [1.54, 1.807) is 13.0 Å². The smallest absolute Gasteiger partial charge is 0.257 e. The number of hydrogen-bond acceptors (Lipinski definition) is 8. The lowest BCUT2D eigenvalue weighted by molar-refractivity contribution is 0.102. The quantitative estimate of drug-likeness (QED) is 0.467. The fourth-order valence-electron chi connectivity index (χ4n) is 3.21. The Kier molecular flexibility index (Phi) is 6.94. The van der Waals surface area contributed by atoms with E-state index in [0.717, 1.165) is 5.56 Å². The lowest BCUT2D eigenvalue weighted by Gasteiger charge is -2.18.